The van der Waals surface area contributed by atoms with Crippen molar-refractivity contribution in [3.63, 3.8) is 0 Å². The Morgan fingerprint density at radius 2 is 1.88 bits per heavy atom. The molecule has 6 nitrogen and oxygen atoms in total. The maximum absolute atomic E-state index is 13.1. The number of amides is 1. The molecule has 0 radical (unpaired) electrons. The van der Waals surface area contributed by atoms with Gasteiger partial charge in [-0.05, 0) is 43.4 Å². The molecule has 1 unspecified atom stereocenters. The predicted octanol–water partition coefficient (Wildman–Crippen LogP) is 4.80. The van der Waals surface area contributed by atoms with Crippen LogP contribution in [-0.4, -0.2) is 36.7 Å². The zero-order valence-corrected chi connectivity index (χ0v) is 19.2. The number of sulfonamides is 1. The van der Waals surface area contributed by atoms with Gasteiger partial charge in [0.2, 0.25) is 15.9 Å². The van der Waals surface area contributed by atoms with E-state index < -0.39 is 15.9 Å². The molecular formula is C24H23N3O3S2. The number of rotatable bonds is 4. The number of hydrogen-bond acceptors (Lipinski definition) is 5. The van der Waals surface area contributed by atoms with Crippen LogP contribution in [0.3, 0.4) is 0 Å². The molecular weight excluding hydrogens is 442 g/mol. The first-order valence-electron chi connectivity index (χ1n) is 10.6. The number of carbonyl (C=O) groups is 1. The zero-order valence-electron chi connectivity index (χ0n) is 17.6. The number of aromatic nitrogens is 1. The van der Waals surface area contributed by atoms with Crippen LogP contribution in [-0.2, 0) is 14.8 Å². The van der Waals surface area contributed by atoms with E-state index in [1.54, 1.807) is 24.3 Å². The summed E-state index contributed by atoms with van der Waals surface area (Å²) >= 11 is 1.43. The van der Waals surface area contributed by atoms with E-state index in [-0.39, 0.29) is 17.3 Å². The Kier molecular flexibility index (Phi) is 5.44. The van der Waals surface area contributed by atoms with E-state index in [1.807, 2.05) is 37.3 Å². The van der Waals surface area contributed by atoms with Crippen LogP contribution in [0.5, 0.6) is 0 Å². The molecule has 1 aliphatic heterocycles. The Hall–Kier alpha value is -2.81. The minimum Gasteiger partial charge on any atom is -0.302 e. The minimum absolute atomic E-state index is 0.176. The molecule has 0 bridgehead atoms. The Labute approximate surface area is 190 Å². The maximum atomic E-state index is 13.1. The molecule has 1 amide bonds. The molecule has 2 heterocycles. The summed E-state index contributed by atoms with van der Waals surface area (Å²) in [4.78, 5) is 17.9. The van der Waals surface area contributed by atoms with Crippen molar-refractivity contribution in [2.24, 2.45) is 5.92 Å². The summed E-state index contributed by atoms with van der Waals surface area (Å²) in [6.45, 7) is 2.52. The molecule has 0 aliphatic carbocycles. The lowest BCUT2D eigenvalue weighted by molar-refractivity contribution is -0.120. The zero-order chi connectivity index (χ0) is 22.3. The van der Waals surface area contributed by atoms with Crippen molar-refractivity contribution in [1.29, 1.82) is 0 Å². The van der Waals surface area contributed by atoms with Crippen molar-refractivity contribution < 1.29 is 13.2 Å². The van der Waals surface area contributed by atoms with Crippen LogP contribution in [0.15, 0.2) is 65.6 Å². The van der Waals surface area contributed by atoms with Gasteiger partial charge in [-0.25, -0.2) is 13.4 Å². The van der Waals surface area contributed by atoms with E-state index in [0.29, 0.717) is 24.5 Å². The Bertz CT molecular complexity index is 1410. The number of hydrogen-bond donors (Lipinski definition) is 1. The number of carbonyl (C=O) groups excluding carboxylic acids is 1. The molecule has 8 heteroatoms. The molecule has 4 aromatic rings. The number of fused-ring (bicyclic) bond motifs is 3. The van der Waals surface area contributed by atoms with Crippen molar-refractivity contribution in [3.05, 3.63) is 66.2 Å². The highest BCUT2D eigenvalue weighted by Gasteiger charge is 2.33. The second kappa shape index (κ2) is 8.27. The van der Waals surface area contributed by atoms with Gasteiger partial charge in [-0.3, -0.25) is 4.79 Å². The van der Waals surface area contributed by atoms with Gasteiger partial charge >= 0.3 is 0 Å². The number of nitrogens with one attached hydrogen (secondary N) is 1. The molecule has 3 aromatic carbocycles. The molecule has 1 saturated heterocycles. The Morgan fingerprint density at radius 3 is 2.69 bits per heavy atom. The van der Waals surface area contributed by atoms with Crippen LogP contribution in [0.2, 0.25) is 0 Å². The van der Waals surface area contributed by atoms with E-state index in [1.165, 1.54) is 15.6 Å². The molecule has 1 aliphatic rings. The molecule has 0 spiro atoms. The second-order valence-corrected chi connectivity index (χ2v) is 11.1. The number of aryl methyl sites for hydroxylation is 1. The summed E-state index contributed by atoms with van der Waals surface area (Å²) in [5.41, 5.74) is 1.87. The van der Waals surface area contributed by atoms with E-state index in [2.05, 4.69) is 16.4 Å². The number of nitrogens with zero attached hydrogens (tertiary/aromatic N) is 2. The SMILES string of the molecule is Cc1ccc(S(=O)(=O)N2CCCC(C(=O)Nc3nc4c(ccc5ccccc54)s3)C2)cc1. The number of benzene rings is 3. The molecule has 1 atom stereocenters. The second-order valence-electron chi connectivity index (χ2n) is 8.16. The van der Waals surface area contributed by atoms with E-state index in [0.717, 1.165) is 26.6 Å². The van der Waals surface area contributed by atoms with Gasteiger partial charge in [0.1, 0.15) is 0 Å². The van der Waals surface area contributed by atoms with Crippen molar-refractivity contribution in [2.45, 2.75) is 24.7 Å². The van der Waals surface area contributed by atoms with Gasteiger partial charge in [-0.1, -0.05) is 59.4 Å². The van der Waals surface area contributed by atoms with Gasteiger partial charge in [0, 0.05) is 18.5 Å². The monoisotopic (exact) mass is 465 g/mol. The minimum atomic E-state index is -3.62. The number of piperidine rings is 1. The molecule has 1 fully saturated rings. The van der Waals surface area contributed by atoms with Crippen LogP contribution in [0.25, 0.3) is 21.0 Å². The Morgan fingerprint density at radius 1 is 1.09 bits per heavy atom. The predicted molar refractivity (Wildman–Crippen MR) is 128 cm³/mol. The summed E-state index contributed by atoms with van der Waals surface area (Å²) in [6, 6.07) is 18.9. The Balaban J connectivity index is 1.34. The molecule has 1 aromatic heterocycles. The first-order valence-corrected chi connectivity index (χ1v) is 12.8. The van der Waals surface area contributed by atoms with Crippen molar-refractivity contribution >= 4 is 53.4 Å². The molecule has 0 saturated carbocycles. The van der Waals surface area contributed by atoms with Crippen LogP contribution in [0.1, 0.15) is 18.4 Å². The third-order valence-corrected chi connectivity index (χ3v) is 8.74. The fourth-order valence-electron chi connectivity index (χ4n) is 4.16. The molecule has 1 N–H and O–H groups in total. The highest BCUT2D eigenvalue weighted by atomic mass is 32.2. The highest BCUT2D eigenvalue weighted by Crippen LogP contribution is 2.32. The quantitative estimate of drug-likeness (QED) is 0.470. The topological polar surface area (TPSA) is 79.4 Å². The van der Waals surface area contributed by atoms with Gasteiger partial charge in [-0.2, -0.15) is 4.31 Å². The van der Waals surface area contributed by atoms with E-state index >= 15 is 0 Å². The summed E-state index contributed by atoms with van der Waals surface area (Å²) in [6.07, 6.45) is 1.30. The largest absolute Gasteiger partial charge is 0.302 e. The average molecular weight is 466 g/mol. The van der Waals surface area contributed by atoms with Crippen LogP contribution in [0, 0.1) is 12.8 Å². The van der Waals surface area contributed by atoms with Gasteiger partial charge < -0.3 is 5.32 Å². The van der Waals surface area contributed by atoms with Gasteiger partial charge in [0.15, 0.2) is 5.13 Å². The summed E-state index contributed by atoms with van der Waals surface area (Å²) < 4.78 is 28.5. The van der Waals surface area contributed by atoms with Gasteiger partial charge in [0.05, 0.1) is 21.0 Å². The molecule has 5 rings (SSSR count). The average Bonchev–Trinajstić information content (AvgIpc) is 3.22. The van der Waals surface area contributed by atoms with Gasteiger partial charge in [0.25, 0.3) is 0 Å². The fourth-order valence-corrected chi connectivity index (χ4v) is 6.57. The first kappa shape index (κ1) is 21.1. The standard InChI is InChI=1S/C24H23N3O3S2/c1-16-8-11-19(12-9-16)32(29,30)27-14-4-6-18(15-27)23(28)26-24-25-22-20-7-3-2-5-17(20)10-13-21(22)31-24/h2-3,5,7-13,18H,4,6,14-15H2,1H3,(H,25,26,28). The van der Waals surface area contributed by atoms with Crippen molar-refractivity contribution in [1.82, 2.24) is 9.29 Å². The highest BCUT2D eigenvalue weighted by molar-refractivity contribution is 7.89. The van der Waals surface area contributed by atoms with Crippen molar-refractivity contribution in [3.8, 4) is 0 Å². The number of anilines is 1. The normalized spacial score (nSPS) is 17.6. The number of thiazole rings is 1. The van der Waals surface area contributed by atoms with Crippen molar-refractivity contribution in [2.75, 3.05) is 18.4 Å². The maximum Gasteiger partial charge on any atom is 0.243 e. The van der Waals surface area contributed by atoms with Crippen LogP contribution < -0.4 is 5.32 Å². The van der Waals surface area contributed by atoms with Crippen LogP contribution >= 0.6 is 11.3 Å². The third-order valence-electron chi connectivity index (χ3n) is 5.93. The smallest absolute Gasteiger partial charge is 0.243 e. The third kappa shape index (κ3) is 3.90. The molecule has 164 valence electrons. The lowest BCUT2D eigenvalue weighted by Crippen LogP contribution is -2.43. The van der Waals surface area contributed by atoms with E-state index in [9.17, 15) is 13.2 Å². The first-order chi connectivity index (χ1) is 15.4. The summed E-state index contributed by atoms with van der Waals surface area (Å²) in [7, 11) is -3.62. The fraction of sp³-hybridized carbons (Fsp3) is 0.250. The summed E-state index contributed by atoms with van der Waals surface area (Å²) in [5, 5.41) is 5.63. The van der Waals surface area contributed by atoms with Gasteiger partial charge in [-0.15, -0.1) is 0 Å². The van der Waals surface area contributed by atoms with Crippen LogP contribution in [0.4, 0.5) is 5.13 Å². The summed E-state index contributed by atoms with van der Waals surface area (Å²) in [5.74, 6) is -0.593. The van der Waals surface area contributed by atoms with E-state index in [4.69, 9.17) is 0 Å². The lowest BCUT2D eigenvalue weighted by atomic mass is 9.99. The molecule has 32 heavy (non-hydrogen) atoms. The lowest BCUT2D eigenvalue weighted by Gasteiger charge is -2.31.